The van der Waals surface area contributed by atoms with Crippen molar-refractivity contribution in [2.24, 2.45) is 4.99 Å². The molecule has 1 aliphatic heterocycles. The first kappa shape index (κ1) is 27.4. The van der Waals surface area contributed by atoms with E-state index in [9.17, 15) is 14.4 Å². The normalized spacial score (nSPS) is 17.9. The molecule has 0 unspecified atom stereocenters. The second kappa shape index (κ2) is 12.3. The zero-order valence-electron chi connectivity index (χ0n) is 22.2. The molecular weight excluding hydrogens is 524 g/mol. The number of likely N-dealkylation sites (N-methyl/N-ethyl adjacent to an activating group) is 1. The third-order valence-electron chi connectivity index (χ3n) is 7.19. The first-order valence-corrected chi connectivity index (χ1v) is 14.1. The number of rotatable bonds is 8. The highest BCUT2D eigenvalue weighted by Crippen LogP contribution is 2.34. The minimum Gasteiger partial charge on any atom is -0.489 e. The average Bonchev–Trinajstić information content (AvgIpc) is 3.25. The number of amides is 1. The molecule has 2 aliphatic rings. The SMILES string of the molecule is CN1C(=O)C(=Cc2ccc(OCc3ccc(C4CCCCC4)cc3)cc2)SC1=Nc1ccc(C(=O)C(=O)O)cc1. The molecule has 0 atom stereocenters. The highest BCUT2D eigenvalue weighted by atomic mass is 32.2. The van der Waals surface area contributed by atoms with Crippen LogP contribution in [0.2, 0.25) is 0 Å². The number of thioether (sulfide) groups is 1. The molecule has 1 amide bonds. The van der Waals surface area contributed by atoms with E-state index < -0.39 is 11.8 Å². The van der Waals surface area contributed by atoms with Crippen LogP contribution in [0.1, 0.15) is 65.1 Å². The number of hydrogen-bond acceptors (Lipinski definition) is 6. The Morgan fingerprint density at radius 1 is 0.975 bits per heavy atom. The Hall–Kier alpha value is -4.17. The molecule has 3 aromatic carbocycles. The molecular formula is C32H30N2O5S. The van der Waals surface area contributed by atoms with Crippen LogP contribution in [0.15, 0.2) is 82.7 Å². The van der Waals surface area contributed by atoms with Crippen molar-refractivity contribution in [1.29, 1.82) is 0 Å². The number of carboxylic acid groups (broad SMARTS) is 1. The largest absolute Gasteiger partial charge is 0.489 e. The summed E-state index contributed by atoms with van der Waals surface area (Å²) in [5.41, 5.74) is 4.02. The summed E-state index contributed by atoms with van der Waals surface area (Å²) in [7, 11) is 1.65. The summed E-state index contributed by atoms with van der Waals surface area (Å²) in [5, 5.41) is 9.34. The molecule has 0 aromatic heterocycles. The molecule has 40 heavy (non-hydrogen) atoms. The van der Waals surface area contributed by atoms with Crippen LogP contribution in [-0.4, -0.2) is 39.9 Å². The summed E-state index contributed by atoms with van der Waals surface area (Å²) in [4.78, 5) is 41.7. The molecule has 0 bridgehead atoms. The Balaban J connectivity index is 1.19. The molecule has 8 heteroatoms. The number of benzene rings is 3. The molecule has 204 valence electrons. The maximum absolute atomic E-state index is 12.8. The molecule has 1 aliphatic carbocycles. The van der Waals surface area contributed by atoms with E-state index in [0.29, 0.717) is 28.3 Å². The number of ketones is 1. The highest BCUT2D eigenvalue weighted by molar-refractivity contribution is 8.18. The van der Waals surface area contributed by atoms with Gasteiger partial charge in [-0.2, -0.15) is 0 Å². The Labute approximate surface area is 237 Å². The number of amidine groups is 1. The number of nitrogens with zero attached hydrogens (tertiary/aromatic N) is 2. The predicted molar refractivity (Wildman–Crippen MR) is 157 cm³/mol. The molecule has 3 aromatic rings. The molecule has 7 nitrogen and oxygen atoms in total. The van der Waals surface area contributed by atoms with Crippen LogP contribution < -0.4 is 4.74 Å². The van der Waals surface area contributed by atoms with Gasteiger partial charge in [-0.05, 0) is 89.7 Å². The Kier molecular flexibility index (Phi) is 8.45. The Morgan fingerprint density at radius 3 is 2.30 bits per heavy atom. The average molecular weight is 555 g/mol. The third-order valence-corrected chi connectivity index (χ3v) is 8.25. The van der Waals surface area contributed by atoms with Crippen molar-refractivity contribution < 1.29 is 24.2 Å². The lowest BCUT2D eigenvalue weighted by atomic mass is 9.84. The van der Waals surface area contributed by atoms with Crippen molar-refractivity contribution in [2.75, 3.05) is 7.05 Å². The number of carboxylic acids is 1. The number of aliphatic carboxylic acids is 1. The fourth-order valence-electron chi connectivity index (χ4n) is 4.87. The molecule has 5 rings (SSSR count). The Bertz CT molecular complexity index is 1450. The summed E-state index contributed by atoms with van der Waals surface area (Å²) >= 11 is 1.25. The van der Waals surface area contributed by atoms with E-state index in [1.807, 2.05) is 30.3 Å². The maximum Gasteiger partial charge on any atom is 0.377 e. The van der Waals surface area contributed by atoms with Crippen molar-refractivity contribution in [2.45, 2.75) is 44.6 Å². The molecule has 1 saturated carbocycles. The van der Waals surface area contributed by atoms with E-state index in [2.05, 4.69) is 29.3 Å². The molecule has 1 saturated heterocycles. The van der Waals surface area contributed by atoms with Gasteiger partial charge in [0.1, 0.15) is 12.4 Å². The number of ether oxygens (including phenoxy) is 1. The quantitative estimate of drug-likeness (QED) is 0.187. The van der Waals surface area contributed by atoms with Gasteiger partial charge in [-0.3, -0.25) is 14.5 Å². The molecule has 1 N–H and O–H groups in total. The Morgan fingerprint density at radius 2 is 1.65 bits per heavy atom. The number of carbonyl (C=O) groups excluding carboxylic acids is 2. The summed E-state index contributed by atoms with van der Waals surface area (Å²) < 4.78 is 5.99. The smallest absolute Gasteiger partial charge is 0.377 e. The minimum absolute atomic E-state index is 0.0699. The number of aliphatic imine (C=N–C) groups is 1. The van der Waals surface area contributed by atoms with Crippen molar-refractivity contribution >= 4 is 46.4 Å². The van der Waals surface area contributed by atoms with Gasteiger partial charge in [0.25, 0.3) is 11.7 Å². The first-order valence-electron chi connectivity index (χ1n) is 13.3. The second-order valence-corrected chi connectivity index (χ2v) is 11.0. The van der Waals surface area contributed by atoms with Crippen molar-refractivity contribution in [3.05, 3.63) is 100.0 Å². The molecule has 1 heterocycles. The van der Waals surface area contributed by atoms with Crippen molar-refractivity contribution in [1.82, 2.24) is 4.90 Å². The van der Waals surface area contributed by atoms with Gasteiger partial charge in [-0.25, -0.2) is 9.79 Å². The van der Waals surface area contributed by atoms with Gasteiger partial charge in [-0.1, -0.05) is 55.7 Å². The van der Waals surface area contributed by atoms with Crippen molar-refractivity contribution in [3.8, 4) is 5.75 Å². The second-order valence-electron chi connectivity index (χ2n) is 9.98. The first-order chi connectivity index (χ1) is 19.4. The summed E-state index contributed by atoms with van der Waals surface area (Å²) in [6.45, 7) is 0.496. The lowest BCUT2D eigenvalue weighted by Crippen LogP contribution is -2.23. The third kappa shape index (κ3) is 6.51. The minimum atomic E-state index is -1.51. The number of hydrogen-bond donors (Lipinski definition) is 1. The lowest BCUT2D eigenvalue weighted by molar-refractivity contribution is -0.131. The number of carbonyl (C=O) groups is 3. The summed E-state index contributed by atoms with van der Waals surface area (Å²) in [6, 6.07) is 22.3. The molecule has 0 radical (unpaired) electrons. The predicted octanol–water partition coefficient (Wildman–Crippen LogP) is 6.81. The van der Waals surface area contributed by atoms with Gasteiger partial charge in [-0.15, -0.1) is 0 Å². The van der Waals surface area contributed by atoms with Crippen LogP contribution in [0.25, 0.3) is 6.08 Å². The summed E-state index contributed by atoms with van der Waals surface area (Å²) in [6.07, 6.45) is 8.42. The molecule has 2 fully saturated rings. The van der Waals surface area contributed by atoms with Crippen molar-refractivity contribution in [3.63, 3.8) is 0 Å². The van der Waals surface area contributed by atoms with Gasteiger partial charge in [0.15, 0.2) is 5.17 Å². The maximum atomic E-state index is 12.8. The van der Waals surface area contributed by atoms with Crippen LogP contribution in [-0.2, 0) is 16.2 Å². The van der Waals surface area contributed by atoms with Crippen LogP contribution in [0, 0.1) is 0 Å². The van der Waals surface area contributed by atoms with Crippen LogP contribution in [0.5, 0.6) is 5.75 Å². The van der Waals surface area contributed by atoms with Gasteiger partial charge < -0.3 is 9.84 Å². The fourth-order valence-corrected chi connectivity index (χ4v) is 5.86. The topological polar surface area (TPSA) is 96.3 Å². The fraction of sp³-hybridized carbons (Fsp3) is 0.250. The van der Waals surface area contributed by atoms with Gasteiger partial charge in [0.2, 0.25) is 0 Å². The van der Waals surface area contributed by atoms with Crippen LogP contribution in [0.4, 0.5) is 5.69 Å². The van der Waals surface area contributed by atoms with Gasteiger partial charge >= 0.3 is 5.97 Å². The zero-order valence-corrected chi connectivity index (χ0v) is 23.0. The van der Waals surface area contributed by atoms with E-state index in [0.717, 1.165) is 16.9 Å². The summed E-state index contributed by atoms with van der Waals surface area (Å²) in [5.74, 6) is -1.20. The van der Waals surface area contributed by atoms with E-state index in [4.69, 9.17) is 9.84 Å². The zero-order chi connectivity index (χ0) is 28.1. The highest BCUT2D eigenvalue weighted by Gasteiger charge is 2.30. The van der Waals surface area contributed by atoms with E-state index in [1.54, 1.807) is 19.2 Å². The molecule has 0 spiro atoms. The van der Waals surface area contributed by atoms with E-state index in [1.165, 1.54) is 66.5 Å². The van der Waals surface area contributed by atoms with Gasteiger partial charge in [0, 0.05) is 12.6 Å². The lowest BCUT2D eigenvalue weighted by Gasteiger charge is -2.22. The monoisotopic (exact) mass is 554 g/mol. The standard InChI is InChI=1S/C32H30N2O5S/c1-34-30(36)28(40-32(34)33-26-15-13-25(14-16-26)29(35)31(37)38)19-21-9-17-27(18-10-21)39-20-22-7-11-24(12-8-22)23-5-3-2-4-6-23/h7-19,23H,2-6,20H2,1H3,(H,37,38). The van der Waals surface area contributed by atoms with E-state index >= 15 is 0 Å². The van der Waals surface area contributed by atoms with Crippen LogP contribution >= 0.6 is 11.8 Å². The van der Waals surface area contributed by atoms with Crippen LogP contribution in [0.3, 0.4) is 0 Å². The number of Topliss-reactive ketones (excluding diaryl/α,β-unsaturated/α-hetero) is 1. The van der Waals surface area contributed by atoms with E-state index in [-0.39, 0.29) is 11.5 Å². The van der Waals surface area contributed by atoms with Gasteiger partial charge in [0.05, 0.1) is 10.6 Å².